The number of aliphatic carboxylic acids is 1. The van der Waals surface area contributed by atoms with Gasteiger partial charge in [0.2, 0.25) is 0 Å². The van der Waals surface area contributed by atoms with E-state index >= 15 is 0 Å². The molecule has 2 aromatic carbocycles. The largest absolute Gasteiger partial charge is 0.479 e. The zero-order valence-corrected chi connectivity index (χ0v) is 10.1. The van der Waals surface area contributed by atoms with E-state index in [9.17, 15) is 18.0 Å². The lowest BCUT2D eigenvalue weighted by Gasteiger charge is -2.17. The first-order valence-corrected chi connectivity index (χ1v) is 5.67. The summed E-state index contributed by atoms with van der Waals surface area (Å²) >= 11 is 0. The molecule has 0 aliphatic rings. The van der Waals surface area contributed by atoms with Crippen molar-refractivity contribution in [3.05, 3.63) is 65.5 Å². The highest BCUT2D eigenvalue weighted by Gasteiger charge is 2.23. The Morgan fingerprint density at radius 3 is 2.40 bits per heavy atom. The number of nitrogens with one attached hydrogen (secondary N) is 1. The SMILES string of the molecule is O=C(O)C(Nc1cccc(F)c1)c1cc(F)ccc1F. The van der Waals surface area contributed by atoms with Gasteiger partial charge in [0.1, 0.15) is 17.5 Å². The molecule has 3 nitrogen and oxygen atoms in total. The molecule has 0 saturated carbocycles. The smallest absolute Gasteiger partial charge is 0.330 e. The first-order chi connectivity index (χ1) is 9.47. The summed E-state index contributed by atoms with van der Waals surface area (Å²) in [4.78, 5) is 11.2. The number of carbonyl (C=O) groups is 1. The minimum atomic E-state index is -1.52. The third kappa shape index (κ3) is 3.09. The Hall–Kier alpha value is -2.50. The van der Waals surface area contributed by atoms with Crippen molar-refractivity contribution < 1.29 is 23.1 Å². The maximum absolute atomic E-state index is 13.6. The van der Waals surface area contributed by atoms with Gasteiger partial charge < -0.3 is 10.4 Å². The molecule has 0 fully saturated rings. The summed E-state index contributed by atoms with van der Waals surface area (Å²) in [5, 5.41) is 11.6. The summed E-state index contributed by atoms with van der Waals surface area (Å²) in [5.74, 6) is -3.59. The van der Waals surface area contributed by atoms with Gasteiger partial charge in [0.25, 0.3) is 0 Å². The predicted octanol–water partition coefficient (Wildman–Crippen LogP) is 3.34. The van der Waals surface area contributed by atoms with Gasteiger partial charge in [-0.15, -0.1) is 0 Å². The lowest BCUT2D eigenvalue weighted by Crippen LogP contribution is -2.22. The van der Waals surface area contributed by atoms with Gasteiger partial charge in [0.05, 0.1) is 0 Å². The Morgan fingerprint density at radius 2 is 1.75 bits per heavy atom. The number of carboxylic acid groups (broad SMARTS) is 1. The number of anilines is 1. The maximum Gasteiger partial charge on any atom is 0.330 e. The van der Waals surface area contributed by atoms with E-state index in [1.54, 1.807) is 0 Å². The van der Waals surface area contributed by atoms with Crippen molar-refractivity contribution in [1.82, 2.24) is 0 Å². The van der Waals surface area contributed by atoms with Crippen LogP contribution in [0.2, 0.25) is 0 Å². The molecular formula is C14H10F3NO2. The number of hydrogen-bond donors (Lipinski definition) is 2. The van der Waals surface area contributed by atoms with Gasteiger partial charge in [0.15, 0.2) is 6.04 Å². The van der Waals surface area contributed by atoms with Crippen molar-refractivity contribution in [2.75, 3.05) is 5.32 Å². The first kappa shape index (κ1) is 13.9. The van der Waals surface area contributed by atoms with Crippen LogP contribution in [0.1, 0.15) is 11.6 Å². The van der Waals surface area contributed by atoms with Crippen LogP contribution >= 0.6 is 0 Å². The Morgan fingerprint density at radius 1 is 1.05 bits per heavy atom. The summed E-state index contributed by atoms with van der Waals surface area (Å²) in [5.41, 5.74) is -0.206. The Balaban J connectivity index is 2.37. The third-order valence-electron chi connectivity index (χ3n) is 2.65. The Bertz CT molecular complexity index is 646. The summed E-state index contributed by atoms with van der Waals surface area (Å²) in [6.45, 7) is 0. The molecule has 1 unspecified atom stereocenters. The quantitative estimate of drug-likeness (QED) is 0.903. The van der Waals surface area contributed by atoms with Gasteiger partial charge in [-0.25, -0.2) is 18.0 Å². The zero-order valence-electron chi connectivity index (χ0n) is 10.1. The molecule has 0 aliphatic heterocycles. The van der Waals surface area contributed by atoms with Crippen LogP contribution in [-0.2, 0) is 4.79 Å². The molecule has 0 bridgehead atoms. The van der Waals surface area contributed by atoms with Crippen LogP contribution in [0.4, 0.5) is 18.9 Å². The molecular weight excluding hydrogens is 271 g/mol. The molecule has 0 aromatic heterocycles. The van der Waals surface area contributed by atoms with Crippen LogP contribution in [0, 0.1) is 17.5 Å². The second kappa shape index (κ2) is 5.64. The standard InChI is InChI=1S/C14H10F3NO2/c15-8-2-1-3-10(6-8)18-13(14(19)20)11-7-9(16)4-5-12(11)17/h1-7,13,18H,(H,19,20). The highest BCUT2D eigenvalue weighted by atomic mass is 19.1. The Kier molecular flexibility index (Phi) is 3.93. The number of benzene rings is 2. The summed E-state index contributed by atoms with van der Waals surface area (Å²) in [6, 6.07) is 6.05. The van der Waals surface area contributed by atoms with E-state index in [-0.39, 0.29) is 11.3 Å². The van der Waals surface area contributed by atoms with Crippen molar-refractivity contribution in [2.24, 2.45) is 0 Å². The monoisotopic (exact) mass is 281 g/mol. The molecule has 6 heteroatoms. The van der Waals surface area contributed by atoms with Crippen LogP contribution in [0.5, 0.6) is 0 Å². The van der Waals surface area contributed by atoms with Crippen LogP contribution in [-0.4, -0.2) is 11.1 Å². The number of halogens is 3. The molecule has 0 radical (unpaired) electrons. The molecule has 104 valence electrons. The van der Waals surface area contributed by atoms with Crippen molar-refractivity contribution in [2.45, 2.75) is 6.04 Å². The van der Waals surface area contributed by atoms with Crippen molar-refractivity contribution in [3.63, 3.8) is 0 Å². The molecule has 2 N–H and O–H groups in total. The predicted molar refractivity (Wildman–Crippen MR) is 66.8 cm³/mol. The lowest BCUT2D eigenvalue weighted by molar-refractivity contribution is -0.138. The van der Waals surface area contributed by atoms with Crippen LogP contribution in [0.15, 0.2) is 42.5 Å². The van der Waals surface area contributed by atoms with Crippen molar-refractivity contribution >= 4 is 11.7 Å². The molecule has 0 spiro atoms. The lowest BCUT2D eigenvalue weighted by atomic mass is 10.1. The van der Waals surface area contributed by atoms with Crippen LogP contribution in [0.3, 0.4) is 0 Å². The molecule has 20 heavy (non-hydrogen) atoms. The summed E-state index contributed by atoms with van der Waals surface area (Å²) in [7, 11) is 0. The average Bonchev–Trinajstić information content (AvgIpc) is 2.39. The highest BCUT2D eigenvalue weighted by molar-refractivity contribution is 5.79. The topological polar surface area (TPSA) is 49.3 Å². The molecule has 0 amide bonds. The van der Waals surface area contributed by atoms with E-state index in [0.717, 1.165) is 24.3 Å². The number of carboxylic acids is 1. The zero-order chi connectivity index (χ0) is 14.7. The van der Waals surface area contributed by atoms with Crippen molar-refractivity contribution in [3.8, 4) is 0 Å². The van der Waals surface area contributed by atoms with Gasteiger partial charge in [-0.2, -0.15) is 0 Å². The Labute approximate surface area is 112 Å². The number of rotatable bonds is 4. The molecule has 1 atom stereocenters. The van der Waals surface area contributed by atoms with Gasteiger partial charge in [-0.1, -0.05) is 6.07 Å². The summed E-state index contributed by atoms with van der Waals surface area (Å²) < 4.78 is 39.8. The van der Waals surface area contributed by atoms with E-state index in [4.69, 9.17) is 5.11 Å². The highest BCUT2D eigenvalue weighted by Crippen LogP contribution is 2.23. The maximum atomic E-state index is 13.6. The fourth-order valence-corrected chi connectivity index (χ4v) is 1.75. The fourth-order valence-electron chi connectivity index (χ4n) is 1.75. The van der Waals surface area contributed by atoms with E-state index in [2.05, 4.69) is 5.32 Å². The first-order valence-electron chi connectivity index (χ1n) is 5.67. The minimum absolute atomic E-state index is 0.154. The van der Waals surface area contributed by atoms with E-state index in [1.165, 1.54) is 18.2 Å². The normalized spacial score (nSPS) is 11.9. The van der Waals surface area contributed by atoms with Gasteiger partial charge in [0, 0.05) is 11.3 Å². The second-order valence-corrected chi connectivity index (χ2v) is 4.09. The molecule has 0 heterocycles. The molecule has 0 saturated heterocycles. The molecule has 0 aliphatic carbocycles. The minimum Gasteiger partial charge on any atom is -0.479 e. The van der Waals surface area contributed by atoms with E-state index in [0.29, 0.717) is 0 Å². The molecule has 2 aromatic rings. The van der Waals surface area contributed by atoms with Crippen molar-refractivity contribution in [1.29, 1.82) is 0 Å². The third-order valence-corrected chi connectivity index (χ3v) is 2.65. The van der Waals surface area contributed by atoms with E-state index < -0.39 is 29.5 Å². The fraction of sp³-hybridized carbons (Fsp3) is 0.0714. The van der Waals surface area contributed by atoms with Crippen LogP contribution in [0.25, 0.3) is 0 Å². The second-order valence-electron chi connectivity index (χ2n) is 4.09. The van der Waals surface area contributed by atoms with Gasteiger partial charge in [-0.3, -0.25) is 0 Å². The number of hydrogen-bond acceptors (Lipinski definition) is 2. The van der Waals surface area contributed by atoms with E-state index in [1.807, 2.05) is 0 Å². The average molecular weight is 281 g/mol. The van der Waals surface area contributed by atoms with Gasteiger partial charge >= 0.3 is 5.97 Å². The van der Waals surface area contributed by atoms with Gasteiger partial charge in [-0.05, 0) is 36.4 Å². The van der Waals surface area contributed by atoms with Crippen LogP contribution < -0.4 is 5.32 Å². The summed E-state index contributed by atoms with van der Waals surface area (Å²) in [6.07, 6.45) is 0. The molecule has 2 rings (SSSR count).